The van der Waals surface area contributed by atoms with Gasteiger partial charge in [0.25, 0.3) is 0 Å². The highest BCUT2D eigenvalue weighted by Gasteiger charge is 2.29. The molecule has 4 heteroatoms. The third-order valence-electron chi connectivity index (χ3n) is 2.63. The van der Waals surface area contributed by atoms with Crippen molar-refractivity contribution in [1.29, 1.82) is 0 Å². The van der Waals surface area contributed by atoms with Crippen molar-refractivity contribution in [3.8, 4) is 0 Å². The maximum absolute atomic E-state index is 11.4. The third kappa shape index (κ3) is 2.59. The summed E-state index contributed by atoms with van der Waals surface area (Å²) >= 11 is 0. The molecule has 0 unspecified atom stereocenters. The minimum absolute atomic E-state index is 0.101. The van der Waals surface area contributed by atoms with Crippen LogP contribution < -0.4 is 11.1 Å². The van der Waals surface area contributed by atoms with Gasteiger partial charge in [-0.05, 0) is 30.5 Å². The number of benzene rings is 1. The summed E-state index contributed by atoms with van der Waals surface area (Å²) < 4.78 is 0. The highest BCUT2D eigenvalue weighted by Crippen LogP contribution is 2.28. The Bertz CT molecular complexity index is 425. The second-order valence-corrected chi connectivity index (χ2v) is 4.06. The van der Waals surface area contributed by atoms with E-state index in [2.05, 4.69) is 5.32 Å². The van der Waals surface area contributed by atoms with Crippen molar-refractivity contribution in [1.82, 2.24) is 5.32 Å². The minimum atomic E-state index is -0.449. The van der Waals surface area contributed by atoms with Crippen LogP contribution in [0.5, 0.6) is 0 Å². The molecule has 2 amide bonds. The first-order valence-electron chi connectivity index (χ1n) is 5.33. The molecule has 84 valence electrons. The molecule has 1 aromatic rings. The van der Waals surface area contributed by atoms with Gasteiger partial charge in [0.15, 0.2) is 0 Å². The second kappa shape index (κ2) is 4.35. The monoisotopic (exact) mass is 218 g/mol. The van der Waals surface area contributed by atoms with Crippen LogP contribution in [-0.4, -0.2) is 11.8 Å². The number of hydrogen-bond acceptors (Lipinski definition) is 2. The average molecular weight is 218 g/mol. The van der Waals surface area contributed by atoms with E-state index < -0.39 is 5.91 Å². The van der Waals surface area contributed by atoms with Crippen LogP contribution in [-0.2, 0) is 11.3 Å². The first-order valence-corrected chi connectivity index (χ1v) is 5.33. The number of nitrogens with two attached hydrogens (primary N) is 1. The van der Waals surface area contributed by atoms with Crippen molar-refractivity contribution in [2.24, 2.45) is 11.7 Å². The molecule has 1 fully saturated rings. The molecule has 0 spiro atoms. The lowest BCUT2D eigenvalue weighted by Gasteiger charge is -2.05. The number of carbonyl (C=O) groups is 2. The minimum Gasteiger partial charge on any atom is -0.366 e. The Kier molecular flexibility index (Phi) is 2.90. The molecule has 0 atom stereocenters. The van der Waals surface area contributed by atoms with E-state index in [0.29, 0.717) is 12.1 Å². The summed E-state index contributed by atoms with van der Waals surface area (Å²) in [5, 5.41) is 2.84. The Morgan fingerprint density at radius 2 is 2.12 bits per heavy atom. The Balaban J connectivity index is 1.95. The molecule has 1 aliphatic carbocycles. The number of amides is 2. The fourth-order valence-corrected chi connectivity index (χ4v) is 1.51. The SMILES string of the molecule is NC(=O)c1cccc(CNC(=O)C2CC2)c1. The van der Waals surface area contributed by atoms with Gasteiger partial charge in [0.1, 0.15) is 0 Å². The van der Waals surface area contributed by atoms with E-state index >= 15 is 0 Å². The summed E-state index contributed by atoms with van der Waals surface area (Å²) in [7, 11) is 0. The van der Waals surface area contributed by atoms with Crippen molar-refractivity contribution in [3.63, 3.8) is 0 Å². The van der Waals surface area contributed by atoms with Crippen molar-refractivity contribution >= 4 is 11.8 Å². The third-order valence-corrected chi connectivity index (χ3v) is 2.63. The highest BCUT2D eigenvalue weighted by molar-refractivity contribution is 5.92. The predicted octanol–water partition coefficient (Wildman–Crippen LogP) is 0.812. The Labute approximate surface area is 93.8 Å². The maximum Gasteiger partial charge on any atom is 0.248 e. The van der Waals surface area contributed by atoms with Crippen LogP contribution in [0.4, 0.5) is 0 Å². The van der Waals surface area contributed by atoms with Crippen molar-refractivity contribution < 1.29 is 9.59 Å². The summed E-state index contributed by atoms with van der Waals surface area (Å²) in [6.07, 6.45) is 1.99. The van der Waals surface area contributed by atoms with Crippen molar-refractivity contribution in [2.45, 2.75) is 19.4 Å². The average Bonchev–Trinajstić information content (AvgIpc) is 3.10. The van der Waals surface area contributed by atoms with Crippen LogP contribution in [0.15, 0.2) is 24.3 Å². The lowest BCUT2D eigenvalue weighted by atomic mass is 10.1. The lowest BCUT2D eigenvalue weighted by Crippen LogP contribution is -2.24. The van der Waals surface area contributed by atoms with Crippen molar-refractivity contribution in [2.75, 3.05) is 0 Å². The smallest absolute Gasteiger partial charge is 0.248 e. The van der Waals surface area contributed by atoms with Gasteiger partial charge in [-0.1, -0.05) is 12.1 Å². The number of hydrogen-bond donors (Lipinski definition) is 2. The van der Waals surface area contributed by atoms with Crippen LogP contribution in [0.25, 0.3) is 0 Å². The number of carbonyl (C=O) groups excluding carboxylic acids is 2. The van der Waals surface area contributed by atoms with Gasteiger partial charge >= 0.3 is 0 Å². The molecular formula is C12H14N2O2. The van der Waals surface area contributed by atoms with Crippen LogP contribution in [0.2, 0.25) is 0 Å². The van der Waals surface area contributed by atoms with Crippen LogP contribution >= 0.6 is 0 Å². The standard InChI is InChI=1S/C12H14N2O2/c13-11(15)10-3-1-2-8(6-10)7-14-12(16)9-4-5-9/h1-3,6,9H,4-5,7H2,(H2,13,15)(H,14,16). The Morgan fingerprint density at radius 3 is 2.75 bits per heavy atom. The maximum atomic E-state index is 11.4. The molecule has 1 saturated carbocycles. The van der Waals surface area contributed by atoms with Gasteiger partial charge in [0, 0.05) is 18.0 Å². The summed E-state index contributed by atoms with van der Waals surface area (Å²) in [4.78, 5) is 22.3. The number of primary amides is 1. The Hall–Kier alpha value is -1.84. The van der Waals surface area contributed by atoms with Gasteiger partial charge in [-0.25, -0.2) is 0 Å². The number of rotatable bonds is 4. The van der Waals surface area contributed by atoms with Crippen LogP contribution in [0.1, 0.15) is 28.8 Å². The molecule has 0 saturated heterocycles. The van der Waals surface area contributed by atoms with E-state index in [1.54, 1.807) is 18.2 Å². The molecule has 16 heavy (non-hydrogen) atoms. The Morgan fingerprint density at radius 1 is 1.38 bits per heavy atom. The molecule has 0 heterocycles. The second-order valence-electron chi connectivity index (χ2n) is 4.06. The molecular weight excluding hydrogens is 204 g/mol. The van der Waals surface area contributed by atoms with Gasteiger partial charge in [-0.3, -0.25) is 9.59 Å². The fraction of sp³-hybridized carbons (Fsp3) is 0.333. The van der Waals surface area contributed by atoms with E-state index in [4.69, 9.17) is 5.73 Å². The van der Waals surface area contributed by atoms with E-state index in [0.717, 1.165) is 18.4 Å². The molecule has 3 N–H and O–H groups in total. The van der Waals surface area contributed by atoms with E-state index in [9.17, 15) is 9.59 Å². The first kappa shape index (κ1) is 10.7. The largest absolute Gasteiger partial charge is 0.366 e. The van der Waals surface area contributed by atoms with Gasteiger partial charge in [0.2, 0.25) is 11.8 Å². The van der Waals surface area contributed by atoms with Gasteiger partial charge < -0.3 is 11.1 Å². The summed E-state index contributed by atoms with van der Waals surface area (Å²) in [5.74, 6) is -0.140. The summed E-state index contributed by atoms with van der Waals surface area (Å²) in [5.41, 5.74) is 6.53. The quantitative estimate of drug-likeness (QED) is 0.785. The number of nitrogens with one attached hydrogen (secondary N) is 1. The molecule has 0 bridgehead atoms. The van der Waals surface area contributed by atoms with Crippen LogP contribution in [0.3, 0.4) is 0 Å². The van der Waals surface area contributed by atoms with Gasteiger partial charge in [0.05, 0.1) is 0 Å². The molecule has 0 aliphatic heterocycles. The zero-order chi connectivity index (χ0) is 11.5. The zero-order valence-electron chi connectivity index (χ0n) is 8.90. The predicted molar refractivity (Wildman–Crippen MR) is 59.5 cm³/mol. The topological polar surface area (TPSA) is 72.2 Å². The molecule has 0 radical (unpaired) electrons. The lowest BCUT2D eigenvalue weighted by molar-refractivity contribution is -0.122. The van der Waals surface area contributed by atoms with Crippen molar-refractivity contribution in [3.05, 3.63) is 35.4 Å². The highest BCUT2D eigenvalue weighted by atomic mass is 16.2. The van der Waals surface area contributed by atoms with Gasteiger partial charge in [-0.15, -0.1) is 0 Å². The van der Waals surface area contributed by atoms with Crippen LogP contribution in [0, 0.1) is 5.92 Å². The fourth-order valence-electron chi connectivity index (χ4n) is 1.51. The van der Waals surface area contributed by atoms with E-state index in [1.807, 2.05) is 6.07 Å². The first-order chi connectivity index (χ1) is 7.66. The molecule has 4 nitrogen and oxygen atoms in total. The zero-order valence-corrected chi connectivity index (χ0v) is 8.90. The summed E-state index contributed by atoms with van der Waals surface area (Å²) in [6, 6.07) is 6.99. The molecule has 1 aliphatic rings. The normalized spacial score (nSPS) is 14.5. The summed E-state index contributed by atoms with van der Waals surface area (Å²) in [6.45, 7) is 0.455. The molecule has 1 aromatic carbocycles. The van der Waals surface area contributed by atoms with Gasteiger partial charge in [-0.2, -0.15) is 0 Å². The molecule has 0 aromatic heterocycles. The molecule has 2 rings (SSSR count). The van der Waals surface area contributed by atoms with E-state index in [-0.39, 0.29) is 11.8 Å². The van der Waals surface area contributed by atoms with E-state index in [1.165, 1.54) is 0 Å².